The highest BCUT2D eigenvalue weighted by molar-refractivity contribution is 9.11. The van der Waals surface area contributed by atoms with Crippen molar-refractivity contribution in [2.45, 2.75) is 27.7 Å². The number of fused-ring (bicyclic) bond motifs is 1. The zero-order valence-corrected chi connectivity index (χ0v) is 20.8. The highest BCUT2D eigenvalue weighted by atomic mass is 79.9. The summed E-state index contributed by atoms with van der Waals surface area (Å²) >= 11 is 6.89. The smallest absolute Gasteiger partial charge is 0.307 e. The van der Waals surface area contributed by atoms with E-state index in [-0.39, 0.29) is 5.76 Å². The number of amides is 1. The quantitative estimate of drug-likeness (QED) is 0.229. The summed E-state index contributed by atoms with van der Waals surface area (Å²) in [5, 5.41) is 4.98. The van der Waals surface area contributed by atoms with Gasteiger partial charge in [-0.3, -0.25) is 4.79 Å². The van der Waals surface area contributed by atoms with E-state index < -0.39 is 5.91 Å². The van der Waals surface area contributed by atoms with Gasteiger partial charge in [-0.05, 0) is 91.1 Å². The lowest BCUT2D eigenvalue weighted by atomic mass is 10.1. The number of aromatic nitrogens is 1. The normalized spacial score (nSPS) is 11.5. The summed E-state index contributed by atoms with van der Waals surface area (Å²) in [5.41, 5.74) is 9.89. The number of aryl methyl sites for hydroxylation is 3. The molecule has 0 fully saturated rings. The Morgan fingerprint density at radius 1 is 1.03 bits per heavy atom. The van der Waals surface area contributed by atoms with Crippen LogP contribution in [0.25, 0.3) is 16.7 Å². The number of hydrogen-bond acceptors (Lipinski definition) is 3. The van der Waals surface area contributed by atoms with E-state index in [0.29, 0.717) is 5.58 Å². The molecule has 2 heterocycles. The van der Waals surface area contributed by atoms with Crippen molar-refractivity contribution in [2.24, 2.45) is 5.10 Å². The van der Waals surface area contributed by atoms with Crippen LogP contribution in [0.3, 0.4) is 0 Å². The Hall–Kier alpha value is -2.64. The molecule has 0 saturated carbocycles. The Labute approximate surface area is 197 Å². The van der Waals surface area contributed by atoms with E-state index in [0.717, 1.165) is 37.0 Å². The number of furan rings is 1. The fourth-order valence-corrected chi connectivity index (χ4v) is 4.92. The fraction of sp³-hybridized carbons (Fsp3) is 0.167. The van der Waals surface area contributed by atoms with Gasteiger partial charge in [-0.2, -0.15) is 5.10 Å². The molecule has 2 aromatic carbocycles. The Balaban J connectivity index is 1.55. The average Bonchev–Trinajstić information content (AvgIpc) is 3.25. The van der Waals surface area contributed by atoms with Crippen LogP contribution in [0.2, 0.25) is 0 Å². The Morgan fingerprint density at radius 3 is 2.55 bits per heavy atom. The summed E-state index contributed by atoms with van der Waals surface area (Å²) < 4.78 is 9.55. The first-order valence-corrected chi connectivity index (χ1v) is 11.3. The predicted octanol–water partition coefficient (Wildman–Crippen LogP) is 6.75. The number of carbonyl (C=O) groups excluding carboxylic acids is 1. The molecule has 0 unspecified atom stereocenters. The van der Waals surface area contributed by atoms with Crippen molar-refractivity contribution in [3.8, 4) is 5.69 Å². The van der Waals surface area contributed by atoms with E-state index in [1.165, 1.54) is 11.1 Å². The van der Waals surface area contributed by atoms with Crippen LogP contribution in [-0.2, 0) is 0 Å². The van der Waals surface area contributed by atoms with E-state index in [1.807, 2.05) is 19.1 Å². The average molecular weight is 543 g/mol. The van der Waals surface area contributed by atoms with Crippen LogP contribution in [0, 0.1) is 27.7 Å². The van der Waals surface area contributed by atoms with Gasteiger partial charge in [-0.15, -0.1) is 0 Å². The second kappa shape index (κ2) is 8.48. The minimum atomic E-state index is -0.404. The number of hydrogen-bond donors (Lipinski definition) is 1. The van der Waals surface area contributed by atoms with Crippen molar-refractivity contribution in [1.29, 1.82) is 0 Å². The van der Waals surface area contributed by atoms with E-state index in [9.17, 15) is 4.79 Å². The Morgan fingerprint density at radius 2 is 1.81 bits per heavy atom. The second-order valence-electron chi connectivity index (χ2n) is 7.55. The zero-order valence-electron chi connectivity index (χ0n) is 17.6. The molecule has 31 heavy (non-hydrogen) atoms. The van der Waals surface area contributed by atoms with Crippen LogP contribution in [0.1, 0.15) is 38.6 Å². The van der Waals surface area contributed by atoms with Crippen molar-refractivity contribution in [2.75, 3.05) is 0 Å². The molecule has 1 N–H and O–H groups in total. The number of hydrazone groups is 1. The molecule has 0 aliphatic heterocycles. The molecule has 158 valence electrons. The predicted molar refractivity (Wildman–Crippen MR) is 131 cm³/mol. The van der Waals surface area contributed by atoms with Gasteiger partial charge in [0.1, 0.15) is 5.58 Å². The molecule has 4 aromatic rings. The number of halogens is 2. The monoisotopic (exact) mass is 541 g/mol. The fourth-order valence-electron chi connectivity index (χ4n) is 3.58. The van der Waals surface area contributed by atoms with Crippen LogP contribution in [0.15, 0.2) is 60.9 Å². The lowest BCUT2D eigenvalue weighted by molar-refractivity contribution is 0.0929. The molecule has 0 radical (unpaired) electrons. The van der Waals surface area contributed by atoms with Gasteiger partial charge in [0.15, 0.2) is 5.76 Å². The molecule has 0 spiro atoms. The van der Waals surface area contributed by atoms with Crippen LogP contribution in [-0.4, -0.2) is 16.7 Å². The summed E-state index contributed by atoms with van der Waals surface area (Å²) in [7, 11) is 0. The van der Waals surface area contributed by atoms with E-state index in [1.54, 1.807) is 12.3 Å². The first-order chi connectivity index (χ1) is 14.7. The van der Waals surface area contributed by atoms with Crippen LogP contribution < -0.4 is 5.43 Å². The summed E-state index contributed by atoms with van der Waals surface area (Å²) in [6.45, 7) is 8.32. The maximum Gasteiger partial charge on any atom is 0.307 e. The third-order valence-electron chi connectivity index (χ3n) is 5.35. The Kier molecular flexibility index (Phi) is 5.90. The van der Waals surface area contributed by atoms with Crippen molar-refractivity contribution in [3.63, 3.8) is 0 Å². The van der Waals surface area contributed by atoms with E-state index in [4.69, 9.17) is 4.42 Å². The Bertz CT molecular complexity index is 1350. The van der Waals surface area contributed by atoms with Gasteiger partial charge in [-0.1, -0.05) is 22.0 Å². The maximum atomic E-state index is 12.5. The molecule has 2 aromatic heterocycles. The third kappa shape index (κ3) is 4.25. The molecule has 7 heteroatoms. The standard InChI is InChI=1S/C24H21Br2N3O2/c1-13-5-6-20(7-14(13)2)29-15(3)8-18(16(29)4)12-27-28-24(30)22-10-17-9-19(25)11-21(26)23(17)31-22/h5-12H,1-4H3,(H,28,30)/b27-12-. The topological polar surface area (TPSA) is 59.5 Å². The number of nitrogens with zero attached hydrogens (tertiary/aromatic N) is 2. The van der Waals surface area contributed by atoms with Gasteiger partial charge < -0.3 is 8.98 Å². The van der Waals surface area contributed by atoms with Crippen LogP contribution in [0.5, 0.6) is 0 Å². The highest BCUT2D eigenvalue weighted by Crippen LogP contribution is 2.31. The second-order valence-corrected chi connectivity index (χ2v) is 9.32. The molecular weight excluding hydrogens is 522 g/mol. The van der Waals surface area contributed by atoms with Crippen molar-refractivity contribution >= 4 is 55.0 Å². The molecule has 0 aliphatic carbocycles. The number of carbonyl (C=O) groups is 1. The molecule has 0 bridgehead atoms. The van der Waals surface area contributed by atoms with Gasteiger partial charge in [0.25, 0.3) is 0 Å². The van der Waals surface area contributed by atoms with E-state index >= 15 is 0 Å². The maximum absolute atomic E-state index is 12.5. The zero-order chi connectivity index (χ0) is 22.3. The molecular formula is C24H21Br2N3O2. The van der Waals surface area contributed by atoms with Gasteiger partial charge in [0.05, 0.1) is 10.7 Å². The van der Waals surface area contributed by atoms with Crippen molar-refractivity contribution in [1.82, 2.24) is 9.99 Å². The van der Waals surface area contributed by atoms with Gasteiger partial charge in [-0.25, -0.2) is 5.43 Å². The van der Waals surface area contributed by atoms with Gasteiger partial charge >= 0.3 is 5.91 Å². The van der Waals surface area contributed by atoms with Crippen molar-refractivity contribution < 1.29 is 9.21 Å². The van der Waals surface area contributed by atoms with Crippen LogP contribution >= 0.6 is 31.9 Å². The number of nitrogens with one attached hydrogen (secondary N) is 1. The van der Waals surface area contributed by atoms with Crippen LogP contribution in [0.4, 0.5) is 0 Å². The van der Waals surface area contributed by atoms with E-state index in [2.05, 4.69) is 92.0 Å². The summed E-state index contributed by atoms with van der Waals surface area (Å²) in [6, 6.07) is 13.9. The lowest BCUT2D eigenvalue weighted by Gasteiger charge is -2.11. The largest absolute Gasteiger partial charge is 0.450 e. The molecule has 0 aliphatic rings. The minimum Gasteiger partial charge on any atom is -0.450 e. The van der Waals surface area contributed by atoms with Gasteiger partial charge in [0.2, 0.25) is 0 Å². The summed E-state index contributed by atoms with van der Waals surface area (Å²) in [5.74, 6) is -0.204. The van der Waals surface area contributed by atoms with Crippen molar-refractivity contribution in [3.05, 3.63) is 85.2 Å². The first-order valence-electron chi connectivity index (χ1n) is 9.73. The summed E-state index contributed by atoms with van der Waals surface area (Å²) in [4.78, 5) is 12.5. The molecule has 4 rings (SSSR count). The number of rotatable bonds is 4. The lowest BCUT2D eigenvalue weighted by Crippen LogP contribution is -2.16. The molecule has 0 atom stereocenters. The molecule has 0 saturated heterocycles. The molecule has 5 nitrogen and oxygen atoms in total. The third-order valence-corrected chi connectivity index (χ3v) is 6.40. The number of benzene rings is 2. The highest BCUT2D eigenvalue weighted by Gasteiger charge is 2.15. The minimum absolute atomic E-state index is 0.201. The first kappa shape index (κ1) is 21.6. The van der Waals surface area contributed by atoms with Gasteiger partial charge in [0, 0.05) is 32.5 Å². The summed E-state index contributed by atoms with van der Waals surface area (Å²) in [6.07, 6.45) is 1.66. The molecule has 1 amide bonds. The SMILES string of the molecule is Cc1ccc(-n2c(C)cc(/C=N\NC(=O)c3cc4cc(Br)cc(Br)c4o3)c2C)cc1C.